The third-order valence-corrected chi connectivity index (χ3v) is 4.45. The quantitative estimate of drug-likeness (QED) is 0.215. The SMILES string of the molecule is CCCCCCCCCCOc1ccc(C(=O)Oc2ccc(N)cc2)cc1. The number of hydrogen-bond donors (Lipinski definition) is 1. The highest BCUT2D eigenvalue weighted by Crippen LogP contribution is 2.17. The first-order valence-electron chi connectivity index (χ1n) is 9.99. The van der Waals surface area contributed by atoms with Crippen molar-refractivity contribution < 1.29 is 14.3 Å². The molecule has 0 aliphatic carbocycles. The second-order valence-corrected chi connectivity index (χ2v) is 6.81. The van der Waals surface area contributed by atoms with Crippen LogP contribution >= 0.6 is 0 Å². The van der Waals surface area contributed by atoms with Crippen LogP contribution in [0.15, 0.2) is 48.5 Å². The van der Waals surface area contributed by atoms with Crippen LogP contribution in [0.4, 0.5) is 5.69 Å². The Bertz CT molecular complexity index is 665. The average Bonchev–Trinajstić information content (AvgIpc) is 2.69. The van der Waals surface area contributed by atoms with Gasteiger partial charge in [-0.05, 0) is 55.0 Å². The van der Waals surface area contributed by atoms with Gasteiger partial charge in [-0.3, -0.25) is 0 Å². The van der Waals surface area contributed by atoms with Crippen molar-refractivity contribution in [3.63, 3.8) is 0 Å². The normalized spacial score (nSPS) is 10.6. The molecule has 0 unspecified atom stereocenters. The van der Waals surface area contributed by atoms with E-state index in [9.17, 15) is 4.79 Å². The summed E-state index contributed by atoms with van der Waals surface area (Å²) >= 11 is 0. The van der Waals surface area contributed by atoms with Crippen molar-refractivity contribution in [3.8, 4) is 11.5 Å². The Morgan fingerprint density at radius 2 is 1.33 bits per heavy atom. The number of carbonyl (C=O) groups is 1. The van der Waals surface area contributed by atoms with Gasteiger partial charge in [0.05, 0.1) is 12.2 Å². The van der Waals surface area contributed by atoms with Crippen LogP contribution in [-0.4, -0.2) is 12.6 Å². The second kappa shape index (κ2) is 12.0. The number of hydrogen-bond acceptors (Lipinski definition) is 4. The van der Waals surface area contributed by atoms with Gasteiger partial charge in [-0.25, -0.2) is 4.79 Å². The molecule has 2 aromatic rings. The van der Waals surface area contributed by atoms with Gasteiger partial charge in [0.25, 0.3) is 0 Å². The van der Waals surface area contributed by atoms with Gasteiger partial charge >= 0.3 is 5.97 Å². The molecule has 0 aromatic heterocycles. The summed E-state index contributed by atoms with van der Waals surface area (Å²) in [7, 11) is 0. The van der Waals surface area contributed by atoms with E-state index in [-0.39, 0.29) is 0 Å². The first kappa shape index (κ1) is 20.8. The van der Waals surface area contributed by atoms with Crippen molar-refractivity contribution in [2.75, 3.05) is 12.3 Å². The maximum atomic E-state index is 12.1. The van der Waals surface area contributed by atoms with E-state index in [1.807, 2.05) is 12.1 Å². The number of nitrogens with two attached hydrogens (primary N) is 1. The van der Waals surface area contributed by atoms with Crippen molar-refractivity contribution in [2.24, 2.45) is 0 Å². The zero-order valence-corrected chi connectivity index (χ0v) is 16.3. The number of anilines is 1. The summed E-state index contributed by atoms with van der Waals surface area (Å²) in [6, 6.07) is 13.8. The molecule has 0 fully saturated rings. The Labute approximate surface area is 162 Å². The maximum absolute atomic E-state index is 12.1. The number of ether oxygens (including phenoxy) is 2. The third-order valence-electron chi connectivity index (χ3n) is 4.45. The van der Waals surface area contributed by atoms with Gasteiger partial charge in [0.2, 0.25) is 0 Å². The molecule has 0 radical (unpaired) electrons. The second-order valence-electron chi connectivity index (χ2n) is 6.81. The van der Waals surface area contributed by atoms with Gasteiger partial charge < -0.3 is 15.2 Å². The standard InChI is InChI=1S/C23H31NO3/c1-2-3-4-5-6-7-8-9-18-26-21-14-10-19(11-15-21)23(25)27-22-16-12-20(24)13-17-22/h10-17H,2-9,18,24H2,1H3. The molecule has 0 bridgehead atoms. The Morgan fingerprint density at radius 1 is 0.778 bits per heavy atom. The largest absolute Gasteiger partial charge is 0.494 e. The number of nitrogen functional groups attached to an aromatic ring is 1. The van der Waals surface area contributed by atoms with Crippen LogP contribution in [0.25, 0.3) is 0 Å². The minimum atomic E-state index is -0.394. The molecule has 2 aromatic carbocycles. The zero-order chi connectivity index (χ0) is 19.3. The van der Waals surface area contributed by atoms with Gasteiger partial charge in [0.1, 0.15) is 11.5 Å². The minimum absolute atomic E-state index is 0.394. The first-order valence-corrected chi connectivity index (χ1v) is 9.99. The summed E-state index contributed by atoms with van der Waals surface area (Å²) in [6.07, 6.45) is 10.2. The van der Waals surface area contributed by atoms with Crippen LogP contribution in [0.1, 0.15) is 68.6 Å². The number of unbranched alkanes of at least 4 members (excludes halogenated alkanes) is 7. The molecule has 0 heterocycles. The summed E-state index contributed by atoms with van der Waals surface area (Å²) in [5.74, 6) is 0.862. The Morgan fingerprint density at radius 3 is 1.96 bits per heavy atom. The average molecular weight is 370 g/mol. The maximum Gasteiger partial charge on any atom is 0.343 e. The zero-order valence-electron chi connectivity index (χ0n) is 16.3. The monoisotopic (exact) mass is 369 g/mol. The Hall–Kier alpha value is -2.49. The predicted molar refractivity (Wildman–Crippen MR) is 110 cm³/mol. The summed E-state index contributed by atoms with van der Waals surface area (Å²) in [6.45, 7) is 2.96. The first-order chi connectivity index (χ1) is 13.2. The molecule has 0 aliphatic rings. The van der Waals surface area contributed by atoms with Gasteiger partial charge in [-0.2, -0.15) is 0 Å². The molecule has 146 valence electrons. The van der Waals surface area contributed by atoms with E-state index in [1.54, 1.807) is 36.4 Å². The fraction of sp³-hybridized carbons (Fsp3) is 0.435. The van der Waals surface area contributed by atoms with Crippen molar-refractivity contribution in [1.82, 2.24) is 0 Å². The Balaban J connectivity index is 1.64. The number of carbonyl (C=O) groups excluding carboxylic acids is 1. The molecule has 0 saturated heterocycles. The smallest absolute Gasteiger partial charge is 0.343 e. The predicted octanol–water partition coefficient (Wildman–Crippen LogP) is 6.01. The van der Waals surface area contributed by atoms with Crippen LogP contribution in [0.5, 0.6) is 11.5 Å². The lowest BCUT2D eigenvalue weighted by Gasteiger charge is -2.08. The molecule has 2 rings (SSSR count). The lowest BCUT2D eigenvalue weighted by Crippen LogP contribution is -2.08. The van der Waals surface area contributed by atoms with E-state index in [0.29, 0.717) is 23.6 Å². The topological polar surface area (TPSA) is 61.5 Å². The number of esters is 1. The highest BCUT2D eigenvalue weighted by Gasteiger charge is 2.08. The van der Waals surface area contributed by atoms with E-state index in [4.69, 9.17) is 15.2 Å². The van der Waals surface area contributed by atoms with Crippen LogP contribution in [0, 0.1) is 0 Å². The number of rotatable bonds is 12. The van der Waals surface area contributed by atoms with Crippen molar-refractivity contribution >= 4 is 11.7 Å². The summed E-state index contributed by atoms with van der Waals surface area (Å²) < 4.78 is 11.1. The summed E-state index contributed by atoms with van der Waals surface area (Å²) in [5, 5.41) is 0. The molecule has 4 heteroatoms. The van der Waals surface area contributed by atoms with E-state index in [1.165, 1.54) is 44.9 Å². The summed E-state index contributed by atoms with van der Waals surface area (Å²) in [4.78, 5) is 12.1. The minimum Gasteiger partial charge on any atom is -0.494 e. The third kappa shape index (κ3) is 8.16. The van der Waals surface area contributed by atoms with Crippen LogP contribution < -0.4 is 15.2 Å². The van der Waals surface area contributed by atoms with Crippen molar-refractivity contribution in [1.29, 1.82) is 0 Å². The highest BCUT2D eigenvalue weighted by molar-refractivity contribution is 5.91. The molecule has 0 spiro atoms. The van der Waals surface area contributed by atoms with Crippen molar-refractivity contribution in [2.45, 2.75) is 58.3 Å². The molecule has 2 N–H and O–H groups in total. The van der Waals surface area contributed by atoms with Crippen LogP contribution in [0.3, 0.4) is 0 Å². The van der Waals surface area contributed by atoms with Crippen LogP contribution in [-0.2, 0) is 0 Å². The van der Waals surface area contributed by atoms with Gasteiger partial charge in [-0.15, -0.1) is 0 Å². The van der Waals surface area contributed by atoms with E-state index >= 15 is 0 Å². The van der Waals surface area contributed by atoms with Gasteiger partial charge in [-0.1, -0.05) is 51.9 Å². The fourth-order valence-electron chi connectivity index (χ4n) is 2.82. The Kier molecular flexibility index (Phi) is 9.25. The lowest BCUT2D eigenvalue weighted by atomic mass is 10.1. The van der Waals surface area contributed by atoms with Crippen molar-refractivity contribution in [3.05, 3.63) is 54.1 Å². The van der Waals surface area contributed by atoms with Gasteiger partial charge in [0.15, 0.2) is 0 Å². The van der Waals surface area contributed by atoms with E-state index in [2.05, 4.69) is 6.92 Å². The molecular formula is C23H31NO3. The number of benzene rings is 2. The van der Waals surface area contributed by atoms with E-state index < -0.39 is 5.97 Å². The van der Waals surface area contributed by atoms with Gasteiger partial charge in [0, 0.05) is 5.69 Å². The summed E-state index contributed by atoms with van der Waals surface area (Å²) in [5.41, 5.74) is 6.75. The molecule has 0 atom stereocenters. The lowest BCUT2D eigenvalue weighted by molar-refractivity contribution is 0.0734. The van der Waals surface area contributed by atoms with E-state index in [0.717, 1.165) is 12.2 Å². The highest BCUT2D eigenvalue weighted by atomic mass is 16.5. The fourth-order valence-corrected chi connectivity index (χ4v) is 2.82. The molecule has 0 amide bonds. The molecule has 27 heavy (non-hydrogen) atoms. The molecule has 4 nitrogen and oxygen atoms in total. The van der Waals surface area contributed by atoms with Crippen LogP contribution in [0.2, 0.25) is 0 Å². The molecule has 0 aliphatic heterocycles. The molecule has 0 saturated carbocycles. The molecular weight excluding hydrogens is 338 g/mol.